The first kappa shape index (κ1) is 19.9. The fourth-order valence-electron chi connectivity index (χ4n) is 3.41. The molecule has 1 aromatic rings. The molecule has 4 nitrogen and oxygen atoms in total. The number of nitrogens with zero attached hydrogens (tertiary/aromatic N) is 1. The second-order valence-corrected chi connectivity index (χ2v) is 7.82. The highest BCUT2D eigenvalue weighted by Crippen LogP contribution is 2.29. The molecule has 0 radical (unpaired) electrons. The SMILES string of the molecule is CCCCCCN1CCC(c2cccc(NC(=O)C(C)(C)O)c2)CC1. The molecule has 1 aromatic carbocycles. The number of anilines is 1. The van der Waals surface area contributed by atoms with Crippen LogP contribution in [0, 0.1) is 0 Å². The molecule has 1 fully saturated rings. The number of rotatable bonds is 8. The van der Waals surface area contributed by atoms with E-state index in [2.05, 4.69) is 29.3 Å². The van der Waals surface area contributed by atoms with Gasteiger partial charge in [0.1, 0.15) is 5.60 Å². The van der Waals surface area contributed by atoms with Gasteiger partial charge in [0.2, 0.25) is 0 Å². The molecule has 1 amide bonds. The number of likely N-dealkylation sites (tertiary alicyclic amines) is 1. The molecule has 1 aliphatic rings. The Kier molecular flexibility index (Phi) is 7.45. The largest absolute Gasteiger partial charge is 0.381 e. The maximum atomic E-state index is 11.9. The van der Waals surface area contributed by atoms with E-state index in [1.165, 1.54) is 64.5 Å². The predicted molar refractivity (Wildman–Crippen MR) is 104 cm³/mol. The van der Waals surface area contributed by atoms with E-state index >= 15 is 0 Å². The molecule has 0 aromatic heterocycles. The van der Waals surface area contributed by atoms with E-state index in [0.717, 1.165) is 18.8 Å². The number of hydrogen-bond acceptors (Lipinski definition) is 3. The summed E-state index contributed by atoms with van der Waals surface area (Å²) in [5.41, 5.74) is 0.699. The van der Waals surface area contributed by atoms with Gasteiger partial charge in [0.15, 0.2) is 0 Å². The van der Waals surface area contributed by atoms with Crippen LogP contribution in [0.5, 0.6) is 0 Å². The Morgan fingerprint density at radius 3 is 2.60 bits per heavy atom. The van der Waals surface area contributed by atoms with Crippen molar-refractivity contribution in [1.29, 1.82) is 0 Å². The average molecular weight is 347 g/mol. The molecular formula is C21H34N2O2. The highest BCUT2D eigenvalue weighted by Gasteiger charge is 2.24. The molecule has 1 heterocycles. The van der Waals surface area contributed by atoms with Crippen LogP contribution in [0.1, 0.15) is 70.8 Å². The van der Waals surface area contributed by atoms with Crippen LogP contribution in [0.3, 0.4) is 0 Å². The molecule has 0 unspecified atom stereocenters. The lowest BCUT2D eigenvalue weighted by atomic mass is 9.89. The standard InChI is InChI=1S/C21H34N2O2/c1-4-5-6-7-13-23-14-11-17(12-15-23)18-9-8-10-19(16-18)22-20(24)21(2,3)25/h8-10,16-17,25H,4-7,11-15H2,1-3H3,(H,22,24). The average Bonchev–Trinajstić information content (AvgIpc) is 2.59. The lowest BCUT2D eigenvalue weighted by Gasteiger charge is -2.32. The van der Waals surface area contributed by atoms with Crippen LogP contribution in [0.4, 0.5) is 5.69 Å². The van der Waals surface area contributed by atoms with Gasteiger partial charge in [-0.2, -0.15) is 0 Å². The first-order chi connectivity index (χ1) is 11.9. The molecular weight excluding hydrogens is 312 g/mol. The van der Waals surface area contributed by atoms with Gasteiger partial charge >= 0.3 is 0 Å². The van der Waals surface area contributed by atoms with Crippen molar-refractivity contribution < 1.29 is 9.90 Å². The number of carbonyl (C=O) groups excluding carboxylic acids is 1. The fourth-order valence-corrected chi connectivity index (χ4v) is 3.41. The molecule has 25 heavy (non-hydrogen) atoms. The monoisotopic (exact) mass is 346 g/mol. The Hall–Kier alpha value is -1.39. The van der Waals surface area contributed by atoms with Crippen LogP contribution < -0.4 is 5.32 Å². The van der Waals surface area contributed by atoms with Gasteiger partial charge in [-0.1, -0.05) is 38.3 Å². The highest BCUT2D eigenvalue weighted by molar-refractivity contribution is 5.96. The number of piperidine rings is 1. The smallest absolute Gasteiger partial charge is 0.255 e. The van der Waals surface area contributed by atoms with E-state index in [-0.39, 0.29) is 5.91 Å². The number of hydrogen-bond donors (Lipinski definition) is 2. The first-order valence-corrected chi connectivity index (χ1v) is 9.76. The van der Waals surface area contributed by atoms with Crippen LogP contribution >= 0.6 is 0 Å². The second-order valence-electron chi connectivity index (χ2n) is 7.82. The fraction of sp³-hybridized carbons (Fsp3) is 0.667. The number of aliphatic hydroxyl groups is 1. The van der Waals surface area contributed by atoms with Gasteiger partial charge in [-0.25, -0.2) is 0 Å². The molecule has 0 spiro atoms. The minimum absolute atomic E-state index is 0.369. The minimum atomic E-state index is -1.36. The predicted octanol–water partition coefficient (Wildman–Crippen LogP) is 4.16. The third-order valence-corrected chi connectivity index (χ3v) is 5.09. The van der Waals surface area contributed by atoms with Crippen LogP contribution in [-0.2, 0) is 4.79 Å². The van der Waals surface area contributed by atoms with E-state index in [9.17, 15) is 9.90 Å². The zero-order valence-corrected chi connectivity index (χ0v) is 16.1. The van der Waals surface area contributed by atoms with Crippen LogP contribution in [0.2, 0.25) is 0 Å². The summed E-state index contributed by atoms with van der Waals surface area (Å²) in [6.45, 7) is 8.82. The van der Waals surface area contributed by atoms with E-state index < -0.39 is 5.60 Å². The van der Waals surface area contributed by atoms with Crippen LogP contribution in [0.25, 0.3) is 0 Å². The molecule has 1 aliphatic heterocycles. The van der Waals surface area contributed by atoms with Gasteiger partial charge in [-0.05, 0) is 76.4 Å². The molecule has 140 valence electrons. The maximum absolute atomic E-state index is 11.9. The first-order valence-electron chi connectivity index (χ1n) is 9.76. The third-order valence-electron chi connectivity index (χ3n) is 5.09. The zero-order chi connectivity index (χ0) is 18.3. The Bertz CT molecular complexity index is 543. The number of amides is 1. The summed E-state index contributed by atoms with van der Waals surface area (Å²) in [6.07, 6.45) is 7.66. The molecule has 2 rings (SSSR count). The second kappa shape index (κ2) is 9.35. The van der Waals surface area contributed by atoms with E-state index in [0.29, 0.717) is 5.92 Å². The summed E-state index contributed by atoms with van der Waals surface area (Å²) >= 11 is 0. The summed E-state index contributed by atoms with van der Waals surface area (Å²) in [5, 5.41) is 12.6. The van der Waals surface area contributed by atoms with Gasteiger partial charge in [0.25, 0.3) is 5.91 Å². The van der Waals surface area contributed by atoms with Crippen molar-refractivity contribution >= 4 is 11.6 Å². The molecule has 4 heteroatoms. The Labute approximate surface area is 152 Å². The summed E-state index contributed by atoms with van der Waals surface area (Å²) in [5.74, 6) is 0.192. The summed E-state index contributed by atoms with van der Waals surface area (Å²) < 4.78 is 0. The van der Waals surface area contributed by atoms with Gasteiger partial charge < -0.3 is 15.3 Å². The Morgan fingerprint density at radius 2 is 1.96 bits per heavy atom. The minimum Gasteiger partial charge on any atom is -0.381 e. The highest BCUT2D eigenvalue weighted by atomic mass is 16.3. The quantitative estimate of drug-likeness (QED) is 0.695. The van der Waals surface area contributed by atoms with Crippen molar-refractivity contribution in [1.82, 2.24) is 4.90 Å². The van der Waals surface area contributed by atoms with Gasteiger partial charge in [-0.3, -0.25) is 4.79 Å². The van der Waals surface area contributed by atoms with E-state index in [4.69, 9.17) is 0 Å². The number of benzene rings is 1. The van der Waals surface area contributed by atoms with Crippen LogP contribution in [0.15, 0.2) is 24.3 Å². The molecule has 0 saturated carbocycles. The Morgan fingerprint density at radius 1 is 1.24 bits per heavy atom. The molecule has 2 N–H and O–H groups in total. The topological polar surface area (TPSA) is 52.6 Å². The normalized spacial score (nSPS) is 16.8. The van der Waals surface area contributed by atoms with Crippen molar-refractivity contribution in [2.45, 2.75) is 70.8 Å². The Balaban J connectivity index is 1.85. The van der Waals surface area contributed by atoms with E-state index in [1.807, 2.05) is 12.1 Å². The zero-order valence-electron chi connectivity index (χ0n) is 16.1. The number of nitrogens with one attached hydrogen (secondary N) is 1. The maximum Gasteiger partial charge on any atom is 0.255 e. The number of carbonyl (C=O) groups is 1. The van der Waals surface area contributed by atoms with Crippen molar-refractivity contribution in [3.8, 4) is 0 Å². The lowest BCUT2D eigenvalue weighted by molar-refractivity contribution is -0.130. The van der Waals surface area contributed by atoms with Gasteiger partial charge in [0, 0.05) is 5.69 Å². The van der Waals surface area contributed by atoms with Crippen molar-refractivity contribution in [2.75, 3.05) is 25.0 Å². The van der Waals surface area contributed by atoms with Gasteiger partial charge in [0.05, 0.1) is 0 Å². The molecule has 1 saturated heterocycles. The molecule has 0 aliphatic carbocycles. The molecule has 0 atom stereocenters. The van der Waals surface area contributed by atoms with E-state index in [1.54, 1.807) is 0 Å². The third kappa shape index (κ3) is 6.44. The van der Waals surface area contributed by atoms with Crippen molar-refractivity contribution in [2.24, 2.45) is 0 Å². The van der Waals surface area contributed by atoms with Crippen molar-refractivity contribution in [3.05, 3.63) is 29.8 Å². The summed E-state index contributed by atoms with van der Waals surface area (Å²) in [4.78, 5) is 14.5. The molecule has 0 bridgehead atoms. The van der Waals surface area contributed by atoms with Gasteiger partial charge in [-0.15, -0.1) is 0 Å². The summed E-state index contributed by atoms with van der Waals surface area (Å²) in [6, 6.07) is 8.09. The van der Waals surface area contributed by atoms with Crippen molar-refractivity contribution in [3.63, 3.8) is 0 Å². The number of unbranched alkanes of at least 4 members (excludes halogenated alkanes) is 3. The summed E-state index contributed by atoms with van der Waals surface area (Å²) in [7, 11) is 0. The lowest BCUT2D eigenvalue weighted by Crippen LogP contribution is -2.36. The van der Waals surface area contributed by atoms with Crippen LogP contribution in [-0.4, -0.2) is 41.1 Å².